The van der Waals surface area contributed by atoms with Gasteiger partial charge in [-0.25, -0.2) is 9.78 Å². The van der Waals surface area contributed by atoms with Crippen molar-refractivity contribution in [3.63, 3.8) is 0 Å². The Morgan fingerprint density at radius 1 is 1.25 bits per heavy atom. The van der Waals surface area contributed by atoms with Crippen LogP contribution < -0.4 is 5.32 Å². The molecule has 0 spiro atoms. The van der Waals surface area contributed by atoms with Crippen LogP contribution in [0, 0.1) is 11.3 Å². The van der Waals surface area contributed by atoms with E-state index in [4.69, 9.17) is 4.74 Å². The Kier molecular flexibility index (Phi) is 6.66. The number of hydrogen-bond acceptors (Lipinski definition) is 6. The van der Waals surface area contributed by atoms with E-state index in [1.165, 1.54) is 25.3 Å². The van der Waals surface area contributed by atoms with E-state index >= 15 is 0 Å². The molecule has 0 saturated heterocycles. The zero-order valence-electron chi connectivity index (χ0n) is 15.7. The highest BCUT2D eigenvalue weighted by atomic mass is 32.2. The summed E-state index contributed by atoms with van der Waals surface area (Å²) in [6.45, 7) is 0. The second kappa shape index (κ2) is 9.38. The number of carbonyl (C=O) groups excluding carboxylic acids is 2. The third-order valence-corrected chi connectivity index (χ3v) is 5.57. The lowest BCUT2D eigenvalue weighted by molar-refractivity contribution is -0.113. The molecule has 0 unspecified atom stereocenters. The molecule has 0 atom stereocenters. The summed E-state index contributed by atoms with van der Waals surface area (Å²) >= 11 is 1.24. The highest BCUT2D eigenvalue weighted by Gasteiger charge is 2.17. The molecular formula is C21H21N3O3S. The normalized spacial score (nSPS) is 13.0. The van der Waals surface area contributed by atoms with Gasteiger partial charge in [0.05, 0.1) is 29.7 Å². The average molecular weight is 395 g/mol. The summed E-state index contributed by atoms with van der Waals surface area (Å²) in [5.74, 6) is -0.694. The van der Waals surface area contributed by atoms with Crippen LogP contribution in [0.15, 0.2) is 35.4 Å². The van der Waals surface area contributed by atoms with Crippen molar-refractivity contribution in [1.82, 2.24) is 4.98 Å². The maximum Gasteiger partial charge on any atom is 0.339 e. The first kappa shape index (κ1) is 19.9. The van der Waals surface area contributed by atoms with Crippen LogP contribution in [0.1, 0.15) is 46.4 Å². The Labute approximate surface area is 168 Å². The summed E-state index contributed by atoms with van der Waals surface area (Å²) in [5.41, 5.74) is 3.39. The molecule has 0 aliphatic heterocycles. The first-order chi connectivity index (χ1) is 13.6. The molecule has 3 rings (SSSR count). The number of para-hydroxylation sites is 1. The van der Waals surface area contributed by atoms with Gasteiger partial charge in [0, 0.05) is 5.69 Å². The number of esters is 1. The van der Waals surface area contributed by atoms with Gasteiger partial charge in [0.2, 0.25) is 5.91 Å². The van der Waals surface area contributed by atoms with Crippen molar-refractivity contribution in [2.24, 2.45) is 0 Å². The van der Waals surface area contributed by atoms with E-state index in [0.717, 1.165) is 36.9 Å². The van der Waals surface area contributed by atoms with Gasteiger partial charge in [-0.3, -0.25) is 4.79 Å². The topological polar surface area (TPSA) is 92.1 Å². The lowest BCUT2D eigenvalue weighted by atomic mass is 10.1. The summed E-state index contributed by atoms with van der Waals surface area (Å²) < 4.78 is 4.74. The maximum atomic E-state index is 12.4. The van der Waals surface area contributed by atoms with Crippen LogP contribution in [0.4, 0.5) is 5.69 Å². The van der Waals surface area contributed by atoms with Gasteiger partial charge >= 0.3 is 5.97 Å². The zero-order chi connectivity index (χ0) is 19.9. The van der Waals surface area contributed by atoms with Crippen molar-refractivity contribution >= 4 is 29.3 Å². The first-order valence-corrected chi connectivity index (χ1v) is 10.1. The van der Waals surface area contributed by atoms with Gasteiger partial charge in [-0.2, -0.15) is 5.26 Å². The monoisotopic (exact) mass is 395 g/mol. The number of nitriles is 1. The number of carbonyl (C=O) groups is 2. The predicted octanol–water partition coefficient (Wildman–Crippen LogP) is 3.74. The van der Waals surface area contributed by atoms with E-state index in [1.54, 1.807) is 24.3 Å². The fourth-order valence-corrected chi connectivity index (χ4v) is 3.96. The van der Waals surface area contributed by atoms with Crippen molar-refractivity contribution in [3.05, 3.63) is 52.7 Å². The highest BCUT2D eigenvalue weighted by Crippen LogP contribution is 2.27. The Bertz CT molecular complexity index is 937. The van der Waals surface area contributed by atoms with Crippen molar-refractivity contribution in [1.29, 1.82) is 5.26 Å². The number of fused-ring (bicyclic) bond motifs is 1. The smallest absolute Gasteiger partial charge is 0.339 e. The van der Waals surface area contributed by atoms with Gasteiger partial charge in [0.15, 0.2) is 0 Å². The van der Waals surface area contributed by atoms with Crippen LogP contribution in [-0.4, -0.2) is 29.7 Å². The standard InChI is InChI=1S/C21H21N3O3S/c1-27-21(26)16-8-5-6-10-18(16)23-19(25)13-28-20-15(12-22)11-14-7-3-2-4-9-17(14)24-20/h5-6,8,10-11H,2-4,7,9,13H2,1H3,(H,23,25). The number of aryl methyl sites for hydroxylation is 2. The van der Waals surface area contributed by atoms with Gasteiger partial charge in [-0.15, -0.1) is 0 Å². The fourth-order valence-electron chi connectivity index (χ4n) is 3.18. The van der Waals surface area contributed by atoms with E-state index in [2.05, 4.69) is 16.4 Å². The molecule has 28 heavy (non-hydrogen) atoms. The molecule has 7 heteroatoms. The van der Waals surface area contributed by atoms with Gasteiger partial charge in [0.25, 0.3) is 0 Å². The SMILES string of the molecule is COC(=O)c1ccccc1NC(=O)CSc1nc2c(cc1C#N)CCCCC2. The quantitative estimate of drug-likeness (QED) is 0.471. The summed E-state index contributed by atoms with van der Waals surface area (Å²) in [7, 11) is 1.30. The molecule has 2 aromatic rings. The predicted molar refractivity (Wildman–Crippen MR) is 107 cm³/mol. The van der Waals surface area contributed by atoms with Gasteiger partial charge in [0.1, 0.15) is 11.1 Å². The molecule has 1 aliphatic carbocycles. The zero-order valence-corrected chi connectivity index (χ0v) is 16.5. The number of rotatable bonds is 5. The number of benzene rings is 1. The third-order valence-electron chi connectivity index (χ3n) is 4.58. The second-order valence-electron chi connectivity index (χ2n) is 6.49. The number of ether oxygens (including phenoxy) is 1. The lowest BCUT2D eigenvalue weighted by Gasteiger charge is -2.11. The van der Waals surface area contributed by atoms with E-state index in [1.807, 2.05) is 6.07 Å². The van der Waals surface area contributed by atoms with Crippen molar-refractivity contribution in [3.8, 4) is 6.07 Å². The minimum Gasteiger partial charge on any atom is -0.465 e. The summed E-state index contributed by atoms with van der Waals surface area (Å²) in [4.78, 5) is 28.9. The van der Waals surface area contributed by atoms with E-state index < -0.39 is 5.97 Å². The summed E-state index contributed by atoms with van der Waals surface area (Å²) in [5, 5.41) is 12.8. The minimum atomic E-state index is -0.511. The Morgan fingerprint density at radius 2 is 2.04 bits per heavy atom. The van der Waals surface area contributed by atoms with Crippen LogP contribution in [0.2, 0.25) is 0 Å². The first-order valence-electron chi connectivity index (χ1n) is 9.15. The Hall–Kier alpha value is -2.85. The van der Waals surface area contributed by atoms with Gasteiger partial charge in [-0.05, 0) is 49.4 Å². The van der Waals surface area contributed by atoms with Crippen LogP contribution in [0.5, 0.6) is 0 Å². The lowest BCUT2D eigenvalue weighted by Crippen LogP contribution is -2.17. The molecule has 1 N–H and O–H groups in total. The van der Waals surface area contributed by atoms with Crippen molar-refractivity contribution in [2.75, 3.05) is 18.2 Å². The molecule has 1 heterocycles. The minimum absolute atomic E-state index is 0.0932. The number of pyridine rings is 1. The van der Waals surface area contributed by atoms with Crippen LogP contribution in [0.25, 0.3) is 0 Å². The molecule has 144 valence electrons. The molecule has 0 saturated carbocycles. The van der Waals surface area contributed by atoms with Crippen molar-refractivity contribution in [2.45, 2.75) is 37.1 Å². The molecular weight excluding hydrogens is 374 g/mol. The number of hydrogen-bond donors (Lipinski definition) is 1. The maximum absolute atomic E-state index is 12.4. The summed E-state index contributed by atoms with van der Waals surface area (Å²) in [6, 6.07) is 10.8. The second-order valence-corrected chi connectivity index (χ2v) is 7.46. The molecule has 0 fully saturated rings. The van der Waals surface area contributed by atoms with Crippen LogP contribution in [-0.2, 0) is 22.4 Å². The number of methoxy groups -OCH3 is 1. The number of nitrogens with one attached hydrogen (secondary N) is 1. The number of aromatic nitrogens is 1. The largest absolute Gasteiger partial charge is 0.465 e. The molecule has 1 aromatic heterocycles. The summed E-state index contributed by atoms with van der Waals surface area (Å²) in [6.07, 6.45) is 5.25. The number of anilines is 1. The van der Waals surface area contributed by atoms with E-state index in [9.17, 15) is 14.9 Å². The van der Waals surface area contributed by atoms with E-state index in [0.29, 0.717) is 21.8 Å². The van der Waals surface area contributed by atoms with Crippen LogP contribution >= 0.6 is 11.8 Å². The van der Waals surface area contributed by atoms with Crippen molar-refractivity contribution < 1.29 is 14.3 Å². The molecule has 1 amide bonds. The van der Waals surface area contributed by atoms with Gasteiger partial charge < -0.3 is 10.1 Å². The van der Waals surface area contributed by atoms with E-state index in [-0.39, 0.29) is 11.7 Å². The third kappa shape index (κ3) is 4.70. The molecule has 1 aromatic carbocycles. The molecule has 1 aliphatic rings. The molecule has 0 radical (unpaired) electrons. The Morgan fingerprint density at radius 3 is 2.82 bits per heavy atom. The fraction of sp³-hybridized carbons (Fsp3) is 0.333. The number of amides is 1. The Balaban J connectivity index is 1.71. The van der Waals surface area contributed by atoms with Crippen LogP contribution in [0.3, 0.4) is 0 Å². The average Bonchev–Trinajstić information content (AvgIpc) is 2.96. The molecule has 6 nitrogen and oxygen atoms in total. The van der Waals surface area contributed by atoms with Gasteiger partial charge in [-0.1, -0.05) is 30.3 Å². The highest BCUT2D eigenvalue weighted by molar-refractivity contribution is 8.00. The number of thioether (sulfide) groups is 1. The molecule has 0 bridgehead atoms. The number of nitrogens with zero attached hydrogens (tertiary/aromatic N) is 2.